The molecular weight excluding hydrogens is 375 g/mol. The molecule has 25 heavy (non-hydrogen) atoms. The van der Waals surface area contributed by atoms with Crippen molar-refractivity contribution >= 4 is 51.7 Å². The van der Waals surface area contributed by atoms with E-state index in [0.29, 0.717) is 22.2 Å². The van der Waals surface area contributed by atoms with Crippen LogP contribution in [0.5, 0.6) is 0 Å². The molecule has 1 heterocycles. The molecule has 1 saturated heterocycles. The normalized spacial score (nSPS) is 16.3. The highest BCUT2D eigenvalue weighted by Gasteiger charge is 2.25. The molecule has 0 N–H and O–H groups in total. The third-order valence-corrected chi connectivity index (χ3v) is 5.78. The van der Waals surface area contributed by atoms with Crippen molar-refractivity contribution in [2.45, 2.75) is 20.3 Å². The Morgan fingerprint density at radius 2 is 1.92 bits per heavy atom. The van der Waals surface area contributed by atoms with Crippen molar-refractivity contribution in [1.29, 1.82) is 0 Å². The molecule has 3 nitrogen and oxygen atoms in total. The summed E-state index contributed by atoms with van der Waals surface area (Å²) < 4.78 is 0. The minimum atomic E-state index is -0.102. The molecular formula is C19H18Cl2N2OS. The van der Waals surface area contributed by atoms with Gasteiger partial charge in [0.05, 0.1) is 15.7 Å². The lowest BCUT2D eigenvalue weighted by Gasteiger charge is -2.28. The van der Waals surface area contributed by atoms with Crippen molar-refractivity contribution < 1.29 is 4.79 Å². The Balaban J connectivity index is 1.95. The fourth-order valence-corrected chi connectivity index (χ4v) is 3.82. The Labute approximate surface area is 162 Å². The van der Waals surface area contributed by atoms with Gasteiger partial charge < -0.3 is 0 Å². The Hall–Kier alpha value is -1.49. The highest BCUT2D eigenvalue weighted by atomic mass is 35.5. The predicted molar refractivity (Wildman–Crippen MR) is 108 cm³/mol. The number of amides is 1. The quantitative estimate of drug-likeness (QED) is 0.639. The Bertz CT molecular complexity index is 851. The molecule has 1 amide bonds. The monoisotopic (exact) mass is 392 g/mol. The van der Waals surface area contributed by atoms with Gasteiger partial charge in [-0.15, -0.1) is 0 Å². The molecule has 2 aromatic rings. The fraction of sp³-hybridized carbons (Fsp3) is 0.263. The third kappa shape index (κ3) is 4.20. The van der Waals surface area contributed by atoms with E-state index >= 15 is 0 Å². The second kappa shape index (κ2) is 7.81. The molecule has 0 bridgehead atoms. The summed E-state index contributed by atoms with van der Waals surface area (Å²) in [6, 6.07) is 11.1. The van der Waals surface area contributed by atoms with E-state index in [0.717, 1.165) is 34.2 Å². The molecule has 0 aliphatic carbocycles. The van der Waals surface area contributed by atoms with Gasteiger partial charge in [-0.1, -0.05) is 47.1 Å². The summed E-state index contributed by atoms with van der Waals surface area (Å²) in [5.74, 6) is 0.851. The second-order valence-corrected chi connectivity index (χ2v) is 7.85. The van der Waals surface area contributed by atoms with E-state index in [1.54, 1.807) is 34.9 Å². The molecule has 6 heteroatoms. The zero-order valence-corrected chi connectivity index (χ0v) is 16.4. The third-order valence-electron chi connectivity index (χ3n) is 3.98. The summed E-state index contributed by atoms with van der Waals surface area (Å²) in [6.45, 7) is 4.71. The molecule has 1 aliphatic rings. The Kier molecular flexibility index (Phi) is 5.72. The lowest BCUT2D eigenvalue weighted by molar-refractivity contribution is 0.0849. The van der Waals surface area contributed by atoms with Crippen molar-refractivity contribution in [1.82, 2.24) is 4.90 Å². The Morgan fingerprint density at radius 3 is 2.68 bits per heavy atom. The largest absolute Gasteiger partial charge is 0.287 e. The first-order valence-electron chi connectivity index (χ1n) is 8.01. The standard InChI is InChI=1S/C19H18Cl2N2OS/c1-12-4-5-13(2)17(10-12)22-19-23(8-3-9-25-19)18(24)14-6-7-15(20)16(21)11-14/h4-7,10-11H,3,8-9H2,1-2H3. The number of carbonyl (C=O) groups excluding carboxylic acids is 1. The number of rotatable bonds is 2. The number of amidine groups is 1. The highest BCUT2D eigenvalue weighted by Crippen LogP contribution is 2.28. The number of halogens is 2. The van der Waals surface area contributed by atoms with Crippen LogP contribution in [-0.4, -0.2) is 28.3 Å². The summed E-state index contributed by atoms with van der Waals surface area (Å²) in [5.41, 5.74) is 3.65. The maximum Gasteiger partial charge on any atom is 0.259 e. The first kappa shape index (κ1) is 18.3. The van der Waals surface area contributed by atoms with Crippen molar-refractivity contribution in [3.8, 4) is 0 Å². The molecule has 2 aromatic carbocycles. The number of hydrogen-bond donors (Lipinski definition) is 0. The lowest BCUT2D eigenvalue weighted by Crippen LogP contribution is -2.39. The summed E-state index contributed by atoms with van der Waals surface area (Å²) in [6.07, 6.45) is 0.934. The number of aryl methyl sites for hydroxylation is 2. The number of benzene rings is 2. The average Bonchev–Trinajstić information content (AvgIpc) is 2.60. The van der Waals surface area contributed by atoms with Gasteiger partial charge >= 0.3 is 0 Å². The minimum absolute atomic E-state index is 0.102. The Morgan fingerprint density at radius 1 is 1.12 bits per heavy atom. The van der Waals surface area contributed by atoms with Crippen LogP contribution in [0.25, 0.3) is 0 Å². The van der Waals surface area contributed by atoms with Crippen LogP contribution in [0.15, 0.2) is 41.4 Å². The van der Waals surface area contributed by atoms with E-state index in [2.05, 4.69) is 6.07 Å². The maximum atomic E-state index is 12.9. The zero-order valence-electron chi connectivity index (χ0n) is 14.1. The number of nitrogens with zero attached hydrogens (tertiary/aromatic N) is 2. The highest BCUT2D eigenvalue weighted by molar-refractivity contribution is 8.13. The van der Waals surface area contributed by atoms with Gasteiger partial charge in [-0.25, -0.2) is 4.99 Å². The van der Waals surface area contributed by atoms with Gasteiger partial charge in [-0.2, -0.15) is 0 Å². The van der Waals surface area contributed by atoms with Crippen LogP contribution in [0, 0.1) is 13.8 Å². The topological polar surface area (TPSA) is 32.7 Å². The van der Waals surface area contributed by atoms with E-state index < -0.39 is 0 Å². The van der Waals surface area contributed by atoms with Gasteiger partial charge in [0.25, 0.3) is 5.91 Å². The number of thioether (sulfide) groups is 1. The van der Waals surface area contributed by atoms with Gasteiger partial charge in [-0.3, -0.25) is 9.69 Å². The first-order chi connectivity index (χ1) is 12.0. The molecule has 0 atom stereocenters. The maximum absolute atomic E-state index is 12.9. The molecule has 0 aromatic heterocycles. The van der Waals surface area contributed by atoms with Crippen LogP contribution in [0.3, 0.4) is 0 Å². The van der Waals surface area contributed by atoms with E-state index in [1.807, 2.05) is 26.0 Å². The van der Waals surface area contributed by atoms with Gasteiger partial charge in [0, 0.05) is 17.9 Å². The molecule has 0 saturated carbocycles. The molecule has 0 unspecified atom stereocenters. The van der Waals surface area contributed by atoms with Crippen molar-refractivity contribution in [3.05, 3.63) is 63.1 Å². The van der Waals surface area contributed by atoms with E-state index in [1.165, 1.54) is 0 Å². The van der Waals surface area contributed by atoms with Crippen molar-refractivity contribution in [3.63, 3.8) is 0 Å². The molecule has 130 valence electrons. The summed E-state index contributed by atoms with van der Waals surface area (Å²) in [5, 5.41) is 1.55. The SMILES string of the molecule is Cc1ccc(C)c(N=C2SCCCN2C(=O)c2ccc(Cl)c(Cl)c2)c1. The first-order valence-corrected chi connectivity index (χ1v) is 9.75. The van der Waals surface area contributed by atoms with Gasteiger partial charge in [0.2, 0.25) is 0 Å². The van der Waals surface area contributed by atoms with Crippen LogP contribution in [0.1, 0.15) is 27.9 Å². The van der Waals surface area contributed by atoms with Gasteiger partial charge in [-0.05, 0) is 55.7 Å². The second-order valence-electron chi connectivity index (χ2n) is 5.97. The van der Waals surface area contributed by atoms with Gasteiger partial charge in [0.15, 0.2) is 5.17 Å². The number of aliphatic imine (C=N–C) groups is 1. The lowest BCUT2D eigenvalue weighted by atomic mass is 10.1. The molecule has 0 spiro atoms. The van der Waals surface area contributed by atoms with E-state index in [4.69, 9.17) is 28.2 Å². The minimum Gasteiger partial charge on any atom is -0.287 e. The zero-order chi connectivity index (χ0) is 18.0. The molecule has 1 aliphatic heterocycles. The van der Waals surface area contributed by atoms with Crippen LogP contribution in [-0.2, 0) is 0 Å². The van der Waals surface area contributed by atoms with E-state index in [-0.39, 0.29) is 5.91 Å². The summed E-state index contributed by atoms with van der Waals surface area (Å²) in [7, 11) is 0. The van der Waals surface area contributed by atoms with Crippen LogP contribution >= 0.6 is 35.0 Å². The van der Waals surface area contributed by atoms with Crippen LogP contribution in [0.4, 0.5) is 5.69 Å². The number of carbonyl (C=O) groups is 1. The predicted octanol–water partition coefficient (Wildman–Crippen LogP) is 5.88. The van der Waals surface area contributed by atoms with Crippen LogP contribution in [0.2, 0.25) is 10.0 Å². The van der Waals surface area contributed by atoms with Crippen molar-refractivity contribution in [2.24, 2.45) is 4.99 Å². The average molecular weight is 393 g/mol. The van der Waals surface area contributed by atoms with Gasteiger partial charge in [0.1, 0.15) is 0 Å². The summed E-state index contributed by atoms with van der Waals surface area (Å²) in [4.78, 5) is 19.4. The summed E-state index contributed by atoms with van der Waals surface area (Å²) >= 11 is 13.6. The molecule has 1 fully saturated rings. The van der Waals surface area contributed by atoms with Crippen molar-refractivity contribution in [2.75, 3.05) is 12.3 Å². The molecule has 0 radical (unpaired) electrons. The molecule has 3 rings (SSSR count). The van der Waals surface area contributed by atoms with E-state index in [9.17, 15) is 4.79 Å². The smallest absolute Gasteiger partial charge is 0.259 e. The number of hydrogen-bond acceptors (Lipinski definition) is 3. The fourth-order valence-electron chi connectivity index (χ4n) is 2.57. The van der Waals surface area contributed by atoms with Crippen LogP contribution < -0.4 is 0 Å².